The molecule has 2 aliphatic rings. The molecule has 0 aromatic carbocycles. The molecule has 0 aliphatic carbocycles. The Morgan fingerprint density at radius 3 is 2.59 bits per heavy atom. The van der Waals surface area contributed by atoms with Crippen LogP contribution in [0.3, 0.4) is 0 Å². The number of alkyl halides is 2. The summed E-state index contributed by atoms with van der Waals surface area (Å²) in [5.74, 6) is -0.222. The first-order chi connectivity index (χ1) is 20.9. The van der Waals surface area contributed by atoms with Crippen LogP contribution in [-0.4, -0.2) is 96.2 Å². The molecular weight excluding hydrogens is 639 g/mol. The minimum absolute atomic E-state index is 0.0818. The first kappa shape index (κ1) is 30.3. The van der Waals surface area contributed by atoms with E-state index in [4.69, 9.17) is 30.0 Å². The number of ether oxygens (including phenoxy) is 2. The molecule has 238 valence electrons. The van der Waals surface area contributed by atoms with E-state index in [1.165, 1.54) is 17.2 Å². The Morgan fingerprint density at radius 2 is 1.84 bits per heavy atom. The predicted molar refractivity (Wildman–Crippen MR) is 143 cm³/mol. The van der Waals surface area contributed by atoms with Crippen LogP contribution >= 0.6 is 8.25 Å². The SMILES string of the molecule is Nc1nc2c(ncn2[C@@H]2O[C@H](CO[PH](=O)O)[C@@H](OS(=O)(=O)NC[C@@H]3C[C@@H](F)[C@H](n4cnc5c(N)ncnc54)O3)[C@@H]2F)c(=O)[nH]1. The predicted octanol–water partition coefficient (Wildman–Crippen LogP) is -1.40. The summed E-state index contributed by atoms with van der Waals surface area (Å²) >= 11 is 0. The molecule has 0 bridgehead atoms. The molecule has 7 N–H and O–H groups in total. The average Bonchev–Trinajstić information content (AvgIpc) is 3.72. The fourth-order valence-electron chi connectivity index (χ4n) is 4.96. The van der Waals surface area contributed by atoms with Gasteiger partial charge in [-0.2, -0.15) is 18.1 Å². The number of nitrogens with zero attached hydrogens (tertiary/aromatic N) is 7. The summed E-state index contributed by atoms with van der Waals surface area (Å²) in [4.78, 5) is 43.2. The molecule has 24 heteroatoms. The molecule has 1 unspecified atom stereocenters. The quantitative estimate of drug-likeness (QED) is 0.122. The van der Waals surface area contributed by atoms with Crippen LogP contribution in [0.25, 0.3) is 22.3 Å². The Kier molecular flexibility index (Phi) is 8.04. The molecule has 2 saturated heterocycles. The van der Waals surface area contributed by atoms with Crippen LogP contribution in [-0.2, 0) is 33.0 Å². The van der Waals surface area contributed by atoms with E-state index in [1.54, 1.807) is 0 Å². The van der Waals surface area contributed by atoms with Crippen LogP contribution in [0.2, 0.25) is 0 Å². The highest BCUT2D eigenvalue weighted by Crippen LogP contribution is 2.37. The number of nitrogens with one attached hydrogen (secondary N) is 2. The highest BCUT2D eigenvalue weighted by molar-refractivity contribution is 7.84. The topological polar surface area (TPSA) is 280 Å². The molecule has 8 atom stereocenters. The van der Waals surface area contributed by atoms with Gasteiger partial charge in [-0.15, -0.1) is 0 Å². The highest BCUT2D eigenvalue weighted by atomic mass is 32.2. The average molecular weight is 664 g/mol. The monoisotopic (exact) mass is 663 g/mol. The van der Waals surface area contributed by atoms with E-state index in [0.717, 1.165) is 10.9 Å². The molecule has 2 fully saturated rings. The summed E-state index contributed by atoms with van der Waals surface area (Å²) < 4.78 is 93.1. The van der Waals surface area contributed by atoms with E-state index in [-0.39, 0.29) is 40.5 Å². The minimum atomic E-state index is -4.77. The normalized spacial score (nSPS) is 28.3. The van der Waals surface area contributed by atoms with Crippen molar-refractivity contribution in [1.29, 1.82) is 0 Å². The fraction of sp³-hybridized carbons (Fsp3) is 0.500. The Balaban J connectivity index is 1.16. The molecule has 6 heterocycles. The zero-order valence-electron chi connectivity index (χ0n) is 22.1. The van der Waals surface area contributed by atoms with Crippen molar-refractivity contribution >= 4 is 52.7 Å². The molecule has 44 heavy (non-hydrogen) atoms. The molecule has 0 amide bonds. The number of hydrogen-bond donors (Lipinski definition) is 5. The van der Waals surface area contributed by atoms with Gasteiger partial charge < -0.3 is 30.4 Å². The van der Waals surface area contributed by atoms with Crippen LogP contribution < -0.4 is 21.7 Å². The summed E-state index contributed by atoms with van der Waals surface area (Å²) in [5.41, 5.74) is 10.7. The van der Waals surface area contributed by atoms with Gasteiger partial charge in [0, 0.05) is 13.0 Å². The number of nitrogen functional groups attached to an aromatic ring is 2. The zero-order valence-corrected chi connectivity index (χ0v) is 23.9. The molecule has 0 spiro atoms. The van der Waals surface area contributed by atoms with Gasteiger partial charge in [0.15, 0.2) is 41.3 Å². The van der Waals surface area contributed by atoms with Gasteiger partial charge in [0.25, 0.3) is 5.56 Å². The van der Waals surface area contributed by atoms with Crippen LogP contribution in [0.1, 0.15) is 18.9 Å². The van der Waals surface area contributed by atoms with Gasteiger partial charge in [0.05, 0.1) is 25.4 Å². The maximum Gasteiger partial charge on any atom is 0.336 e. The van der Waals surface area contributed by atoms with Crippen molar-refractivity contribution in [2.24, 2.45) is 0 Å². The summed E-state index contributed by atoms with van der Waals surface area (Å²) in [5, 5.41) is 0. The number of aromatic amines is 1. The molecule has 0 saturated carbocycles. The molecule has 2 aliphatic heterocycles. The number of hydrogen-bond acceptors (Lipinski definition) is 15. The van der Waals surface area contributed by atoms with Crippen molar-refractivity contribution in [1.82, 2.24) is 43.8 Å². The number of anilines is 2. The number of H-pyrrole nitrogens is 1. The van der Waals surface area contributed by atoms with Crippen LogP contribution in [0, 0.1) is 0 Å². The van der Waals surface area contributed by atoms with Gasteiger partial charge in [-0.3, -0.25) is 23.5 Å². The molecule has 6 rings (SSSR count). The number of imidazole rings is 2. The van der Waals surface area contributed by atoms with Crippen molar-refractivity contribution in [3.05, 3.63) is 29.3 Å². The lowest BCUT2D eigenvalue weighted by Gasteiger charge is -2.20. The van der Waals surface area contributed by atoms with Gasteiger partial charge in [-0.25, -0.2) is 32.9 Å². The van der Waals surface area contributed by atoms with Crippen LogP contribution in [0.15, 0.2) is 23.8 Å². The Bertz CT molecular complexity index is 1890. The third-order valence-corrected chi connectivity index (χ3v) is 8.29. The third kappa shape index (κ3) is 5.75. The number of halogens is 2. The number of aromatic nitrogens is 8. The molecule has 4 aromatic heterocycles. The summed E-state index contributed by atoms with van der Waals surface area (Å²) in [7, 11) is -8.29. The minimum Gasteiger partial charge on any atom is -0.382 e. The Labute approximate surface area is 244 Å². The van der Waals surface area contributed by atoms with Crippen molar-refractivity contribution in [2.75, 3.05) is 24.6 Å². The first-order valence-electron chi connectivity index (χ1n) is 12.7. The maximum absolute atomic E-state index is 15.8. The summed E-state index contributed by atoms with van der Waals surface area (Å²) in [6, 6.07) is 0. The number of fused-ring (bicyclic) bond motifs is 2. The summed E-state index contributed by atoms with van der Waals surface area (Å²) in [6.07, 6.45) is -7.88. The molecule has 20 nitrogen and oxygen atoms in total. The third-order valence-electron chi connectivity index (χ3n) is 6.88. The van der Waals surface area contributed by atoms with Crippen molar-refractivity contribution in [3.63, 3.8) is 0 Å². The van der Waals surface area contributed by atoms with Gasteiger partial charge in [0.1, 0.15) is 30.2 Å². The molecule has 4 aromatic rings. The summed E-state index contributed by atoms with van der Waals surface area (Å²) in [6.45, 7) is -1.21. The van der Waals surface area contributed by atoms with E-state index in [0.29, 0.717) is 0 Å². The van der Waals surface area contributed by atoms with Gasteiger partial charge in [0.2, 0.25) is 5.95 Å². The van der Waals surface area contributed by atoms with E-state index < -0.39 is 80.4 Å². The second-order valence-corrected chi connectivity index (χ2v) is 11.9. The molecular formula is C20H24F2N11O9PS. The van der Waals surface area contributed by atoms with Gasteiger partial charge in [-0.1, -0.05) is 0 Å². The van der Waals surface area contributed by atoms with E-state index in [1.807, 2.05) is 0 Å². The largest absolute Gasteiger partial charge is 0.382 e. The lowest BCUT2D eigenvalue weighted by molar-refractivity contribution is -0.0390. The fourth-order valence-corrected chi connectivity index (χ4v) is 6.25. The lowest BCUT2D eigenvalue weighted by atomic mass is 10.1. The van der Waals surface area contributed by atoms with Crippen molar-refractivity contribution in [2.45, 2.75) is 49.5 Å². The Hall–Kier alpha value is -3.70. The number of rotatable bonds is 10. The second kappa shape index (κ2) is 11.7. The van der Waals surface area contributed by atoms with E-state index >= 15 is 4.39 Å². The number of nitrogens with two attached hydrogens (primary N) is 2. The van der Waals surface area contributed by atoms with E-state index in [2.05, 4.69) is 39.1 Å². The molecule has 0 radical (unpaired) electrons. The second-order valence-electron chi connectivity index (χ2n) is 9.71. The first-order valence-corrected chi connectivity index (χ1v) is 15.4. The highest BCUT2D eigenvalue weighted by Gasteiger charge is 2.50. The van der Waals surface area contributed by atoms with Crippen LogP contribution in [0.5, 0.6) is 0 Å². The van der Waals surface area contributed by atoms with E-state index in [9.17, 15) is 22.2 Å². The smallest absolute Gasteiger partial charge is 0.336 e. The maximum atomic E-state index is 15.8. The van der Waals surface area contributed by atoms with Gasteiger partial charge in [-0.05, 0) is 0 Å². The standard InChI is InChI=1S/C20H24F2N11O9PS/c21-8-1-7(40-18(8)32-5-27-11-14(23)25-4-26-15(11)32)2-29-44(37,38)42-13-9(3-39-43(35)36)41-19(10(13)22)33-6-28-12-16(33)30-20(24)31-17(12)34/h4-10,13,18-19,29,43H,1-3H2,(H,35,36)(H2,23,25,26)(H3,24,30,31,34)/t7-,8+,9+,10-,13+,18+,19+/m0/s1. The van der Waals surface area contributed by atoms with Gasteiger partial charge >= 0.3 is 18.6 Å². The lowest BCUT2D eigenvalue weighted by Crippen LogP contribution is -2.41. The van der Waals surface area contributed by atoms with Crippen molar-refractivity contribution in [3.8, 4) is 0 Å². The van der Waals surface area contributed by atoms with Crippen LogP contribution in [0.4, 0.5) is 20.5 Å². The Morgan fingerprint density at radius 1 is 1.11 bits per heavy atom. The zero-order chi connectivity index (χ0) is 31.3. The van der Waals surface area contributed by atoms with Crippen molar-refractivity contribution < 1.29 is 44.8 Å².